The Hall–Kier alpha value is -1.43. The van der Waals surface area contributed by atoms with Gasteiger partial charge in [-0.05, 0) is 69.2 Å². The van der Waals surface area contributed by atoms with E-state index >= 15 is 0 Å². The fourth-order valence-electron chi connectivity index (χ4n) is 3.18. The molecule has 6 heteroatoms. The number of hydrogen-bond acceptors (Lipinski definition) is 4. The SMILES string of the molecule is CC1(C)CCCC(n2nnnc2-c2ccc(Br)c(N)c2)C1. The van der Waals surface area contributed by atoms with Gasteiger partial charge in [0, 0.05) is 15.7 Å². The van der Waals surface area contributed by atoms with E-state index in [1.807, 2.05) is 22.9 Å². The van der Waals surface area contributed by atoms with Crippen molar-refractivity contribution in [3.63, 3.8) is 0 Å². The molecule has 112 valence electrons. The fraction of sp³-hybridized carbons (Fsp3) is 0.533. The largest absolute Gasteiger partial charge is 0.398 e. The lowest BCUT2D eigenvalue weighted by Crippen LogP contribution is -2.26. The van der Waals surface area contributed by atoms with E-state index in [0.29, 0.717) is 17.1 Å². The highest BCUT2D eigenvalue weighted by Gasteiger charge is 2.31. The van der Waals surface area contributed by atoms with Gasteiger partial charge in [-0.2, -0.15) is 0 Å². The molecule has 1 saturated carbocycles. The molecule has 2 N–H and O–H groups in total. The molecule has 0 radical (unpaired) electrons. The molecule has 0 aliphatic heterocycles. The second-order valence-corrected chi connectivity index (χ2v) is 7.45. The zero-order valence-corrected chi connectivity index (χ0v) is 14.0. The van der Waals surface area contributed by atoms with Crippen molar-refractivity contribution in [2.75, 3.05) is 5.73 Å². The molecule has 1 fully saturated rings. The third kappa shape index (κ3) is 2.95. The molecule has 0 amide bonds. The third-order valence-corrected chi connectivity index (χ3v) is 4.99. The highest BCUT2D eigenvalue weighted by Crippen LogP contribution is 2.41. The molecular weight excluding hydrogens is 330 g/mol. The van der Waals surface area contributed by atoms with E-state index < -0.39 is 0 Å². The summed E-state index contributed by atoms with van der Waals surface area (Å²) < 4.78 is 2.87. The summed E-state index contributed by atoms with van der Waals surface area (Å²) in [4.78, 5) is 0. The Morgan fingerprint density at radius 3 is 2.90 bits per heavy atom. The maximum atomic E-state index is 5.97. The summed E-state index contributed by atoms with van der Waals surface area (Å²) in [6, 6.07) is 6.22. The Balaban J connectivity index is 1.95. The van der Waals surface area contributed by atoms with E-state index in [4.69, 9.17) is 5.73 Å². The lowest BCUT2D eigenvalue weighted by atomic mass is 9.75. The maximum absolute atomic E-state index is 5.97. The maximum Gasteiger partial charge on any atom is 0.182 e. The van der Waals surface area contributed by atoms with Crippen molar-refractivity contribution in [3.8, 4) is 11.4 Å². The standard InChI is InChI=1S/C15H20BrN5/c1-15(2)7-3-4-11(9-15)21-14(18-19-20-21)10-5-6-12(16)13(17)8-10/h5-6,8,11H,3-4,7,9,17H2,1-2H3. The molecule has 3 rings (SSSR count). The molecule has 1 heterocycles. The molecule has 2 aromatic rings. The van der Waals surface area contributed by atoms with Crippen molar-refractivity contribution >= 4 is 21.6 Å². The number of tetrazole rings is 1. The summed E-state index contributed by atoms with van der Waals surface area (Å²) in [5.41, 5.74) is 7.99. The molecule has 0 bridgehead atoms. The van der Waals surface area contributed by atoms with Crippen LogP contribution in [0.4, 0.5) is 5.69 Å². The lowest BCUT2D eigenvalue weighted by Gasteiger charge is -2.35. The number of benzene rings is 1. The summed E-state index contributed by atoms with van der Waals surface area (Å²) in [7, 11) is 0. The van der Waals surface area contributed by atoms with Crippen molar-refractivity contribution in [2.24, 2.45) is 5.41 Å². The normalized spacial score (nSPS) is 21.4. The first-order valence-corrected chi connectivity index (χ1v) is 8.09. The van der Waals surface area contributed by atoms with E-state index in [-0.39, 0.29) is 0 Å². The number of nitrogens with two attached hydrogens (primary N) is 1. The molecule has 21 heavy (non-hydrogen) atoms. The quantitative estimate of drug-likeness (QED) is 0.836. The van der Waals surface area contributed by atoms with Gasteiger partial charge < -0.3 is 5.73 Å². The van der Waals surface area contributed by atoms with Gasteiger partial charge >= 0.3 is 0 Å². The molecule has 0 saturated heterocycles. The Morgan fingerprint density at radius 1 is 1.38 bits per heavy atom. The van der Waals surface area contributed by atoms with Gasteiger partial charge in [0.2, 0.25) is 0 Å². The van der Waals surface area contributed by atoms with Gasteiger partial charge in [0.05, 0.1) is 6.04 Å². The summed E-state index contributed by atoms with van der Waals surface area (Å²) in [6.45, 7) is 4.64. The van der Waals surface area contributed by atoms with E-state index in [2.05, 4.69) is 45.3 Å². The Bertz CT molecular complexity index is 649. The Morgan fingerprint density at radius 2 is 2.19 bits per heavy atom. The van der Waals surface area contributed by atoms with Crippen molar-refractivity contribution in [1.82, 2.24) is 20.2 Å². The summed E-state index contributed by atoms with van der Waals surface area (Å²) in [6.07, 6.45) is 4.73. The van der Waals surface area contributed by atoms with Gasteiger partial charge in [-0.3, -0.25) is 0 Å². The first-order chi connectivity index (χ1) is 9.96. The molecule has 1 aromatic carbocycles. The van der Waals surface area contributed by atoms with Crippen LogP contribution in [0.15, 0.2) is 22.7 Å². The van der Waals surface area contributed by atoms with Crippen molar-refractivity contribution < 1.29 is 0 Å². The number of nitrogen functional groups attached to an aromatic ring is 1. The van der Waals surface area contributed by atoms with Crippen molar-refractivity contribution in [1.29, 1.82) is 0 Å². The van der Waals surface area contributed by atoms with Gasteiger partial charge in [-0.15, -0.1) is 5.10 Å². The van der Waals surface area contributed by atoms with Gasteiger partial charge in [0.1, 0.15) is 0 Å². The smallest absolute Gasteiger partial charge is 0.182 e. The number of aromatic nitrogens is 4. The summed E-state index contributed by atoms with van der Waals surface area (Å²) in [5, 5.41) is 12.3. The van der Waals surface area contributed by atoms with Crippen LogP contribution >= 0.6 is 15.9 Å². The highest BCUT2D eigenvalue weighted by atomic mass is 79.9. The van der Waals surface area contributed by atoms with Crippen LogP contribution in [0.2, 0.25) is 0 Å². The number of nitrogens with zero attached hydrogens (tertiary/aromatic N) is 4. The molecular formula is C15H20BrN5. The first kappa shape index (κ1) is 14.5. The highest BCUT2D eigenvalue weighted by molar-refractivity contribution is 9.10. The topological polar surface area (TPSA) is 69.6 Å². The number of anilines is 1. The van der Waals surface area contributed by atoms with Crippen LogP contribution in [0.3, 0.4) is 0 Å². The number of hydrogen-bond donors (Lipinski definition) is 1. The minimum atomic E-state index is 0.352. The van der Waals surface area contributed by atoms with Crippen molar-refractivity contribution in [3.05, 3.63) is 22.7 Å². The van der Waals surface area contributed by atoms with Crippen LogP contribution in [0.5, 0.6) is 0 Å². The van der Waals surface area contributed by atoms with Crippen LogP contribution in [-0.4, -0.2) is 20.2 Å². The van der Waals surface area contributed by atoms with Crippen LogP contribution in [0, 0.1) is 5.41 Å². The zero-order chi connectivity index (χ0) is 15.0. The number of halogens is 1. The van der Waals surface area contributed by atoms with Crippen LogP contribution in [-0.2, 0) is 0 Å². The third-order valence-electron chi connectivity index (χ3n) is 4.27. The molecule has 1 aromatic heterocycles. The van der Waals surface area contributed by atoms with E-state index in [9.17, 15) is 0 Å². The van der Waals surface area contributed by atoms with Gasteiger partial charge in [0.15, 0.2) is 5.82 Å². The van der Waals surface area contributed by atoms with E-state index in [1.165, 1.54) is 12.8 Å². The zero-order valence-electron chi connectivity index (χ0n) is 12.4. The van der Waals surface area contributed by atoms with E-state index in [0.717, 1.165) is 28.7 Å². The lowest BCUT2D eigenvalue weighted by molar-refractivity contribution is 0.174. The van der Waals surface area contributed by atoms with Crippen LogP contribution in [0.25, 0.3) is 11.4 Å². The minimum Gasteiger partial charge on any atom is -0.398 e. The minimum absolute atomic E-state index is 0.352. The number of rotatable bonds is 2. The molecule has 1 atom stereocenters. The first-order valence-electron chi connectivity index (χ1n) is 7.29. The average molecular weight is 350 g/mol. The molecule has 1 unspecified atom stereocenters. The monoisotopic (exact) mass is 349 g/mol. The molecule has 0 spiro atoms. The fourth-order valence-corrected chi connectivity index (χ4v) is 3.43. The van der Waals surface area contributed by atoms with Gasteiger partial charge in [0.25, 0.3) is 0 Å². The summed E-state index contributed by atoms with van der Waals surface area (Å²) >= 11 is 3.42. The Labute approximate surface area is 133 Å². The van der Waals surface area contributed by atoms with E-state index in [1.54, 1.807) is 0 Å². The molecule has 1 aliphatic rings. The van der Waals surface area contributed by atoms with Crippen molar-refractivity contribution in [2.45, 2.75) is 45.6 Å². The van der Waals surface area contributed by atoms with Gasteiger partial charge in [-0.25, -0.2) is 4.68 Å². The van der Waals surface area contributed by atoms with Gasteiger partial charge in [-0.1, -0.05) is 20.3 Å². The summed E-state index contributed by atoms with van der Waals surface area (Å²) in [5.74, 6) is 0.803. The Kier molecular flexibility index (Phi) is 3.73. The average Bonchev–Trinajstić information content (AvgIpc) is 2.90. The predicted octanol–water partition coefficient (Wildman–Crippen LogP) is 3.83. The van der Waals surface area contributed by atoms with Crippen LogP contribution in [0.1, 0.15) is 45.6 Å². The molecule has 1 aliphatic carbocycles. The second-order valence-electron chi connectivity index (χ2n) is 6.60. The predicted molar refractivity (Wildman–Crippen MR) is 86.7 cm³/mol. The van der Waals surface area contributed by atoms with Crippen LogP contribution < -0.4 is 5.73 Å². The second kappa shape index (κ2) is 5.40. The molecule has 5 nitrogen and oxygen atoms in total.